The maximum absolute atomic E-state index is 3.41. The molecule has 0 amide bonds. The van der Waals surface area contributed by atoms with E-state index in [1.165, 1.54) is 5.57 Å². The summed E-state index contributed by atoms with van der Waals surface area (Å²) >= 11 is 0. The molecule has 1 N–H and O–H groups in total. The molecule has 0 fully saturated rings. The first-order valence-electron chi connectivity index (χ1n) is 5.24. The van der Waals surface area contributed by atoms with E-state index in [0.29, 0.717) is 11.5 Å². The van der Waals surface area contributed by atoms with E-state index in [1.807, 2.05) is 0 Å². The van der Waals surface area contributed by atoms with Crippen LogP contribution in [0.5, 0.6) is 0 Å². The van der Waals surface area contributed by atoms with Crippen LogP contribution < -0.4 is 5.32 Å². The Morgan fingerprint density at radius 3 is 2.23 bits per heavy atom. The van der Waals surface area contributed by atoms with Crippen LogP contribution in [0, 0.1) is 5.41 Å². The average Bonchev–Trinajstić information content (AvgIpc) is 1.95. The summed E-state index contributed by atoms with van der Waals surface area (Å²) in [6, 6.07) is 0.600. The molecule has 0 unspecified atom stereocenters. The number of hydrogen-bond donors (Lipinski definition) is 1. The summed E-state index contributed by atoms with van der Waals surface area (Å²) in [5, 5.41) is 3.41. The van der Waals surface area contributed by atoms with Crippen LogP contribution in [-0.4, -0.2) is 12.6 Å². The van der Waals surface area contributed by atoms with E-state index in [-0.39, 0.29) is 0 Å². The van der Waals surface area contributed by atoms with Gasteiger partial charge in [-0.15, -0.1) is 0 Å². The van der Waals surface area contributed by atoms with Crippen molar-refractivity contribution in [2.24, 2.45) is 5.41 Å². The first kappa shape index (κ1) is 12.7. The van der Waals surface area contributed by atoms with Crippen LogP contribution >= 0.6 is 0 Å². The molecule has 0 aliphatic carbocycles. The molecule has 1 heteroatoms. The zero-order chi connectivity index (χ0) is 10.5. The maximum atomic E-state index is 3.41. The van der Waals surface area contributed by atoms with Crippen molar-refractivity contribution in [1.29, 1.82) is 0 Å². The van der Waals surface area contributed by atoms with Gasteiger partial charge >= 0.3 is 0 Å². The molecule has 0 heterocycles. The molecule has 0 saturated heterocycles. The minimum Gasteiger partial charge on any atom is -0.314 e. The summed E-state index contributed by atoms with van der Waals surface area (Å²) in [5.74, 6) is 0. The van der Waals surface area contributed by atoms with Crippen molar-refractivity contribution in [3.05, 3.63) is 11.6 Å². The lowest BCUT2D eigenvalue weighted by atomic mass is 9.87. The van der Waals surface area contributed by atoms with Gasteiger partial charge in [-0.1, -0.05) is 46.3 Å². The van der Waals surface area contributed by atoms with Crippen molar-refractivity contribution in [3.8, 4) is 0 Å². The van der Waals surface area contributed by atoms with Gasteiger partial charge in [-0.05, 0) is 25.3 Å². The van der Waals surface area contributed by atoms with Crippen LogP contribution in [0.15, 0.2) is 11.6 Å². The van der Waals surface area contributed by atoms with E-state index in [1.54, 1.807) is 0 Å². The van der Waals surface area contributed by atoms with Crippen molar-refractivity contribution in [2.45, 2.75) is 54.0 Å². The minimum absolute atomic E-state index is 0.331. The van der Waals surface area contributed by atoms with Gasteiger partial charge in [0.2, 0.25) is 0 Å². The van der Waals surface area contributed by atoms with Crippen molar-refractivity contribution in [3.63, 3.8) is 0 Å². The lowest BCUT2D eigenvalue weighted by Crippen LogP contribution is -2.23. The molecule has 0 aromatic rings. The first-order chi connectivity index (χ1) is 5.84. The lowest BCUT2D eigenvalue weighted by molar-refractivity contribution is 0.499. The largest absolute Gasteiger partial charge is 0.314 e. The Bertz CT molecular complexity index is 160. The molecule has 0 atom stereocenters. The SMILES string of the molecule is CC(=CCCNC(C)C)C(C)(C)C. The monoisotopic (exact) mass is 183 g/mol. The molecule has 0 aliphatic rings. The van der Waals surface area contributed by atoms with E-state index in [2.05, 4.69) is 52.9 Å². The topological polar surface area (TPSA) is 12.0 Å². The Morgan fingerprint density at radius 1 is 1.31 bits per heavy atom. The summed E-state index contributed by atoms with van der Waals surface area (Å²) in [5.41, 5.74) is 1.82. The van der Waals surface area contributed by atoms with Crippen molar-refractivity contribution < 1.29 is 0 Å². The fourth-order valence-corrected chi connectivity index (χ4v) is 0.967. The summed E-state index contributed by atoms with van der Waals surface area (Å²) in [4.78, 5) is 0. The van der Waals surface area contributed by atoms with Crippen molar-refractivity contribution in [2.75, 3.05) is 6.54 Å². The van der Waals surface area contributed by atoms with Gasteiger partial charge in [0.05, 0.1) is 0 Å². The van der Waals surface area contributed by atoms with E-state index in [9.17, 15) is 0 Å². The smallest absolute Gasteiger partial charge is 0.00105 e. The van der Waals surface area contributed by atoms with Crippen LogP contribution in [-0.2, 0) is 0 Å². The third kappa shape index (κ3) is 6.83. The fourth-order valence-electron chi connectivity index (χ4n) is 0.967. The first-order valence-corrected chi connectivity index (χ1v) is 5.24. The molecule has 0 spiro atoms. The van der Waals surface area contributed by atoms with Gasteiger partial charge in [0.15, 0.2) is 0 Å². The molecular weight excluding hydrogens is 158 g/mol. The van der Waals surface area contributed by atoms with Crippen LogP contribution in [0.25, 0.3) is 0 Å². The lowest BCUT2D eigenvalue weighted by Gasteiger charge is -2.19. The van der Waals surface area contributed by atoms with Crippen LogP contribution in [0.2, 0.25) is 0 Å². The van der Waals surface area contributed by atoms with Gasteiger partial charge < -0.3 is 5.32 Å². The van der Waals surface area contributed by atoms with Gasteiger partial charge in [-0.25, -0.2) is 0 Å². The second kappa shape index (κ2) is 5.43. The van der Waals surface area contributed by atoms with Gasteiger partial charge in [0.1, 0.15) is 0 Å². The van der Waals surface area contributed by atoms with Gasteiger partial charge in [0.25, 0.3) is 0 Å². The summed E-state index contributed by atoms with van der Waals surface area (Å²) in [7, 11) is 0. The minimum atomic E-state index is 0.331. The highest BCUT2D eigenvalue weighted by molar-refractivity contribution is 5.07. The second-order valence-electron chi connectivity index (χ2n) is 5.03. The summed E-state index contributed by atoms with van der Waals surface area (Å²) in [6.07, 6.45) is 3.48. The predicted octanol–water partition coefficient (Wildman–Crippen LogP) is 3.37. The van der Waals surface area contributed by atoms with Gasteiger partial charge in [-0.3, -0.25) is 0 Å². The summed E-state index contributed by atoms with van der Waals surface area (Å²) in [6.45, 7) is 14.4. The van der Waals surface area contributed by atoms with E-state index in [0.717, 1.165) is 13.0 Å². The number of hydrogen-bond acceptors (Lipinski definition) is 1. The van der Waals surface area contributed by atoms with Crippen molar-refractivity contribution in [1.82, 2.24) is 5.32 Å². The average molecular weight is 183 g/mol. The van der Waals surface area contributed by atoms with E-state index in [4.69, 9.17) is 0 Å². The molecule has 0 aromatic carbocycles. The van der Waals surface area contributed by atoms with E-state index >= 15 is 0 Å². The number of rotatable bonds is 4. The second-order valence-corrected chi connectivity index (χ2v) is 5.03. The third-order valence-corrected chi connectivity index (χ3v) is 2.33. The molecule has 0 aromatic heterocycles. The fraction of sp³-hybridized carbons (Fsp3) is 0.833. The zero-order valence-electron chi connectivity index (χ0n) is 10.1. The Kier molecular flexibility index (Phi) is 5.31. The molecule has 0 radical (unpaired) electrons. The maximum Gasteiger partial charge on any atom is 0.00105 e. The highest BCUT2D eigenvalue weighted by Crippen LogP contribution is 2.24. The predicted molar refractivity (Wildman–Crippen MR) is 61.0 cm³/mol. The summed E-state index contributed by atoms with van der Waals surface area (Å²) < 4.78 is 0. The normalized spacial score (nSPS) is 13.9. The van der Waals surface area contributed by atoms with E-state index < -0.39 is 0 Å². The zero-order valence-corrected chi connectivity index (χ0v) is 10.1. The molecule has 0 aliphatic heterocycles. The quantitative estimate of drug-likeness (QED) is 0.520. The molecular formula is C12H25N. The molecule has 1 nitrogen and oxygen atoms in total. The molecule has 0 saturated carbocycles. The molecule has 0 bridgehead atoms. The highest BCUT2D eigenvalue weighted by Gasteiger charge is 2.11. The number of allylic oxidation sites excluding steroid dienone is 1. The molecule has 13 heavy (non-hydrogen) atoms. The van der Waals surface area contributed by atoms with Crippen LogP contribution in [0.1, 0.15) is 48.0 Å². The Morgan fingerprint density at radius 2 is 1.85 bits per heavy atom. The third-order valence-electron chi connectivity index (χ3n) is 2.33. The van der Waals surface area contributed by atoms with Crippen LogP contribution in [0.4, 0.5) is 0 Å². The van der Waals surface area contributed by atoms with Crippen LogP contribution in [0.3, 0.4) is 0 Å². The Balaban J connectivity index is 3.73. The molecule has 78 valence electrons. The van der Waals surface area contributed by atoms with Crippen molar-refractivity contribution >= 4 is 0 Å². The highest BCUT2D eigenvalue weighted by atomic mass is 14.9. The van der Waals surface area contributed by atoms with Gasteiger partial charge in [0, 0.05) is 6.04 Å². The Labute approximate surface area is 83.6 Å². The number of nitrogens with one attached hydrogen (secondary N) is 1. The standard InChI is InChI=1S/C12H25N/c1-10(2)13-9-7-8-11(3)12(4,5)6/h8,10,13H,7,9H2,1-6H3. The van der Waals surface area contributed by atoms with Gasteiger partial charge in [-0.2, -0.15) is 0 Å². The molecule has 0 rings (SSSR count). The Hall–Kier alpha value is -0.300.